The highest BCUT2D eigenvalue weighted by atomic mass is 79.9. The number of aromatic nitrogens is 6. The molecule has 6 aromatic heterocycles. The highest BCUT2D eigenvalue weighted by Gasteiger charge is 2.33. The number of halogens is 14. The normalized spacial score (nSPS) is 10.5. The van der Waals surface area contributed by atoms with E-state index >= 15 is 0 Å². The molecule has 0 radical (unpaired) electrons. The van der Waals surface area contributed by atoms with Crippen LogP contribution in [0.1, 0.15) is 135 Å². The molecule has 10 aromatic rings. The molecule has 30 heteroatoms. The number of nitrogens with one attached hydrogen (secondary N) is 3. The Balaban J connectivity index is 0. The molecule has 0 bridgehead atoms. The zero-order valence-corrected chi connectivity index (χ0v) is 54.5. The standard InChI is InChI=1S/C19H19F3N2O3.C14H11F3N2O.C13H10BrF3N2.C8H5F3O.C8H8N2O.C5H5BrN2.6CH4/c1-18(2,3)27-17(26)24(16-9-6-14(12-25)10-23-16)11-13-4-7-15(8-5-13)19(20,21)22;15-14(16,17)12-4-1-10(2-5-12)7-18-13-6-3-11(9-20)8-19-13;14-11-5-6-12(19-8-11)18-7-9-1-3-10(4-2-9)13(15,16)17;9-8(10,11)7-3-1-6(5-12)2-4-7;1-11-7-3-5-10-8-6(7)2-4-9-8;6-4-1-2-5(7)8-3-4;;;;;;/h4-10,12H,11H2,1-3H3;1-6,8-9H,7H2,(H,18,19);1-6,8H,7H2,(H,18,19);1-5H;2-5H,1H3,(H,9,10);1-3H,(H2,7,8);6*1H4. The third kappa shape index (κ3) is 33.4. The number of carbonyl (C=O) groups excluding carboxylic acids is 4. The summed E-state index contributed by atoms with van der Waals surface area (Å²) in [6, 6.07) is 35.7. The van der Waals surface area contributed by atoms with Gasteiger partial charge in [-0.1, -0.05) is 93.1 Å². The lowest BCUT2D eigenvalue weighted by molar-refractivity contribution is -0.138. The highest BCUT2D eigenvalue weighted by molar-refractivity contribution is 9.10. The number of aldehydes is 3. The van der Waals surface area contributed by atoms with Crippen molar-refractivity contribution in [3.05, 3.63) is 259 Å². The van der Waals surface area contributed by atoms with Gasteiger partial charge in [-0.2, -0.15) is 52.7 Å². The van der Waals surface area contributed by atoms with Gasteiger partial charge < -0.3 is 30.8 Å². The summed E-state index contributed by atoms with van der Waals surface area (Å²) < 4.78 is 161. The fourth-order valence-electron chi connectivity index (χ4n) is 7.48. The molecule has 4 aromatic carbocycles. The van der Waals surface area contributed by atoms with Crippen LogP contribution in [0.15, 0.2) is 204 Å². The maximum atomic E-state index is 12.7. The second-order valence-corrected chi connectivity index (χ2v) is 22.6. The van der Waals surface area contributed by atoms with Gasteiger partial charge in [-0.3, -0.25) is 19.3 Å². The van der Waals surface area contributed by atoms with Gasteiger partial charge in [0.25, 0.3) is 0 Å². The number of H-pyrrole nitrogens is 1. The molecule has 0 unspecified atom stereocenters. The number of nitrogens with two attached hydrogens (primary N) is 1. The van der Waals surface area contributed by atoms with Gasteiger partial charge in [0.1, 0.15) is 46.6 Å². The molecule has 0 saturated carbocycles. The fraction of sp³-hybridized carbons (Fsp3) is 0.247. The molecular formula is C73H82Br2F12N10O6. The lowest BCUT2D eigenvalue weighted by Crippen LogP contribution is -2.37. The number of hydrogen-bond donors (Lipinski definition) is 4. The van der Waals surface area contributed by atoms with E-state index in [1.54, 1.807) is 70.7 Å². The molecule has 0 aliphatic heterocycles. The minimum absolute atomic E-state index is 0. The molecular weight excluding hydrogens is 1500 g/mol. The molecule has 0 aliphatic rings. The van der Waals surface area contributed by atoms with Crippen LogP contribution >= 0.6 is 31.9 Å². The van der Waals surface area contributed by atoms with Gasteiger partial charge in [0, 0.05) is 75.9 Å². The summed E-state index contributed by atoms with van der Waals surface area (Å²) in [5.74, 6) is 2.85. The molecule has 6 heterocycles. The Morgan fingerprint density at radius 2 is 0.874 bits per heavy atom. The Labute approximate surface area is 608 Å². The van der Waals surface area contributed by atoms with E-state index in [9.17, 15) is 71.9 Å². The van der Waals surface area contributed by atoms with Crippen molar-refractivity contribution < 1.29 is 81.3 Å². The SMILES string of the molecule is C.C.C.C.C.C.CC(C)(C)OC(=O)N(Cc1ccc(C(F)(F)F)cc1)c1ccc(C=O)cn1.COc1ccnc2[nH]ccc12.FC(F)(F)c1ccc(CNc2ccc(Br)cn2)cc1.Nc1ccc(Br)cn1.O=Cc1ccc(C(F)(F)F)cc1.O=Cc1ccc(NCc2ccc(C(F)(F)F)cc2)nc1. The van der Waals surface area contributed by atoms with Crippen LogP contribution in [0.4, 0.5) is 80.8 Å². The minimum atomic E-state index is -4.43. The van der Waals surface area contributed by atoms with Crippen LogP contribution in [0, 0.1) is 0 Å². The fourth-order valence-corrected chi connectivity index (χ4v) is 7.95. The van der Waals surface area contributed by atoms with Gasteiger partial charge in [0.05, 0.1) is 41.3 Å². The minimum Gasteiger partial charge on any atom is -0.496 e. The first-order valence-corrected chi connectivity index (χ1v) is 29.6. The van der Waals surface area contributed by atoms with Crippen molar-refractivity contribution in [1.82, 2.24) is 29.9 Å². The molecule has 0 saturated heterocycles. The number of ether oxygens (including phenoxy) is 2. The smallest absolute Gasteiger partial charge is 0.416 e. The van der Waals surface area contributed by atoms with E-state index < -0.39 is 58.7 Å². The van der Waals surface area contributed by atoms with E-state index in [0.29, 0.717) is 71.7 Å². The number of pyridine rings is 5. The zero-order chi connectivity index (χ0) is 71.6. The average molecular weight is 1580 g/mol. The zero-order valence-electron chi connectivity index (χ0n) is 51.3. The number of benzene rings is 4. The van der Waals surface area contributed by atoms with Crippen LogP contribution in [-0.4, -0.2) is 67.6 Å². The number of fused-ring (bicyclic) bond motifs is 1. The number of rotatable bonds is 13. The molecule has 0 atom stereocenters. The van der Waals surface area contributed by atoms with E-state index in [1.165, 1.54) is 65.8 Å². The molecule has 5 N–H and O–H groups in total. The summed E-state index contributed by atoms with van der Waals surface area (Å²) in [7, 11) is 1.65. The Morgan fingerprint density at radius 1 is 0.485 bits per heavy atom. The molecule has 16 nitrogen and oxygen atoms in total. The second kappa shape index (κ2) is 44.2. The van der Waals surface area contributed by atoms with Gasteiger partial charge in [-0.15, -0.1) is 0 Å². The molecule has 0 aliphatic carbocycles. The average Bonchev–Trinajstić information content (AvgIpc) is 1.83. The Morgan fingerprint density at radius 3 is 1.22 bits per heavy atom. The first-order valence-electron chi connectivity index (χ1n) is 28.0. The van der Waals surface area contributed by atoms with Crippen LogP contribution in [0.25, 0.3) is 11.0 Å². The predicted octanol–water partition coefficient (Wildman–Crippen LogP) is 22.2. The van der Waals surface area contributed by atoms with Crippen LogP contribution in [0.5, 0.6) is 5.75 Å². The molecule has 558 valence electrons. The number of nitrogen functional groups attached to an aromatic ring is 1. The highest BCUT2D eigenvalue weighted by Crippen LogP contribution is 2.33. The van der Waals surface area contributed by atoms with Gasteiger partial charge in [0.15, 0.2) is 12.6 Å². The van der Waals surface area contributed by atoms with Crippen molar-refractivity contribution in [2.45, 2.75) is 115 Å². The van der Waals surface area contributed by atoms with Crippen molar-refractivity contribution in [2.24, 2.45) is 0 Å². The largest absolute Gasteiger partial charge is 0.496 e. The quantitative estimate of drug-likeness (QED) is 0.0623. The molecule has 0 spiro atoms. The first kappa shape index (κ1) is 94.8. The number of anilines is 4. The van der Waals surface area contributed by atoms with Crippen molar-refractivity contribution >= 4 is 91.1 Å². The Bertz CT molecular complexity index is 4030. The Hall–Kier alpha value is -10.2. The van der Waals surface area contributed by atoms with Crippen molar-refractivity contribution in [1.29, 1.82) is 0 Å². The van der Waals surface area contributed by atoms with E-state index in [1.807, 2.05) is 30.5 Å². The number of hydrogen-bond acceptors (Lipinski definition) is 14. The van der Waals surface area contributed by atoms with Gasteiger partial charge in [-0.25, -0.2) is 29.7 Å². The third-order valence-corrected chi connectivity index (χ3v) is 13.3. The van der Waals surface area contributed by atoms with Gasteiger partial charge >= 0.3 is 30.8 Å². The molecule has 10 rings (SSSR count). The predicted molar refractivity (Wildman–Crippen MR) is 389 cm³/mol. The molecule has 1 amide bonds. The van der Waals surface area contributed by atoms with Crippen molar-refractivity contribution in [2.75, 3.05) is 28.4 Å². The maximum absolute atomic E-state index is 12.7. The van der Waals surface area contributed by atoms with Crippen LogP contribution in [-0.2, 0) is 49.1 Å². The van der Waals surface area contributed by atoms with E-state index in [2.05, 4.69) is 72.4 Å². The number of aromatic amines is 1. The van der Waals surface area contributed by atoms with E-state index in [0.717, 1.165) is 92.0 Å². The first-order chi connectivity index (χ1) is 45.7. The van der Waals surface area contributed by atoms with Crippen LogP contribution in [0.2, 0.25) is 0 Å². The van der Waals surface area contributed by atoms with Gasteiger partial charge in [-0.05, 0) is 179 Å². The van der Waals surface area contributed by atoms with E-state index in [4.69, 9.17) is 15.2 Å². The monoisotopic (exact) mass is 1580 g/mol. The lowest BCUT2D eigenvalue weighted by atomic mass is 10.1. The summed E-state index contributed by atoms with van der Waals surface area (Å²) in [4.78, 5) is 68.2. The number of amides is 1. The maximum Gasteiger partial charge on any atom is 0.416 e. The Kier molecular flexibility index (Phi) is 40.7. The number of carbonyl (C=O) groups is 4. The van der Waals surface area contributed by atoms with Crippen LogP contribution in [0.3, 0.4) is 0 Å². The van der Waals surface area contributed by atoms with Crippen LogP contribution < -0.4 is 26.0 Å². The number of alkyl halides is 12. The lowest BCUT2D eigenvalue weighted by Gasteiger charge is -2.27. The van der Waals surface area contributed by atoms with Crippen molar-refractivity contribution in [3.8, 4) is 5.75 Å². The third-order valence-electron chi connectivity index (χ3n) is 12.3. The summed E-state index contributed by atoms with van der Waals surface area (Å²) in [6.45, 7) is 5.83. The summed E-state index contributed by atoms with van der Waals surface area (Å²) in [5, 5.41) is 7.02. The summed E-state index contributed by atoms with van der Waals surface area (Å²) >= 11 is 6.50. The summed E-state index contributed by atoms with van der Waals surface area (Å²) in [5.41, 5.74) is 5.53. The van der Waals surface area contributed by atoms with Crippen molar-refractivity contribution in [3.63, 3.8) is 0 Å². The number of nitrogens with zero attached hydrogens (tertiary/aromatic N) is 6. The van der Waals surface area contributed by atoms with E-state index in [-0.39, 0.29) is 62.5 Å². The topological polar surface area (TPSA) is 220 Å². The molecule has 0 fully saturated rings. The second-order valence-electron chi connectivity index (χ2n) is 20.8. The summed E-state index contributed by atoms with van der Waals surface area (Å²) in [6.07, 6.45) is -6.68. The molecule has 103 heavy (non-hydrogen) atoms. The number of methoxy groups -OCH3 is 1. The van der Waals surface area contributed by atoms with Gasteiger partial charge in [0.2, 0.25) is 0 Å².